The Morgan fingerprint density at radius 1 is 1.17 bits per heavy atom. The van der Waals surface area contributed by atoms with Crippen LogP contribution in [0.15, 0.2) is 57.8 Å². The molecule has 0 aliphatic heterocycles. The molecule has 152 valence electrons. The number of benzene rings is 1. The van der Waals surface area contributed by atoms with Gasteiger partial charge in [0.25, 0.3) is 5.91 Å². The van der Waals surface area contributed by atoms with Crippen molar-refractivity contribution in [2.45, 2.75) is 20.0 Å². The molecule has 29 heavy (non-hydrogen) atoms. The Hall–Kier alpha value is -3.59. The second kappa shape index (κ2) is 9.07. The fraction of sp³-hybridized carbons (Fsp3) is 0.250. The summed E-state index contributed by atoms with van der Waals surface area (Å²) >= 11 is 0. The zero-order chi connectivity index (χ0) is 20.8. The van der Waals surface area contributed by atoms with Gasteiger partial charge in [-0.3, -0.25) is 14.9 Å². The molecule has 1 amide bonds. The molecule has 0 saturated carbocycles. The van der Waals surface area contributed by atoms with E-state index < -0.39 is 4.92 Å². The number of rotatable bonds is 9. The van der Waals surface area contributed by atoms with Crippen LogP contribution >= 0.6 is 0 Å². The minimum absolute atomic E-state index is 0.0891. The van der Waals surface area contributed by atoms with Crippen LogP contribution in [0.2, 0.25) is 0 Å². The van der Waals surface area contributed by atoms with E-state index in [0.29, 0.717) is 24.3 Å². The predicted molar refractivity (Wildman–Crippen MR) is 104 cm³/mol. The second-order valence-electron chi connectivity index (χ2n) is 6.58. The normalized spacial score (nSPS) is 10.9. The van der Waals surface area contributed by atoms with Crippen molar-refractivity contribution in [3.05, 3.63) is 76.1 Å². The van der Waals surface area contributed by atoms with Gasteiger partial charge in [-0.25, -0.2) is 0 Å². The minimum atomic E-state index is -0.518. The second-order valence-corrected chi connectivity index (χ2v) is 6.58. The summed E-state index contributed by atoms with van der Waals surface area (Å²) in [6.45, 7) is 2.85. The Labute approximate surface area is 167 Å². The summed E-state index contributed by atoms with van der Waals surface area (Å²) in [6.07, 6.45) is 3.18. The molecule has 0 fully saturated rings. The van der Waals surface area contributed by atoms with Gasteiger partial charge in [0.05, 0.1) is 24.6 Å². The van der Waals surface area contributed by atoms with Crippen molar-refractivity contribution < 1.29 is 28.2 Å². The van der Waals surface area contributed by atoms with Gasteiger partial charge in [-0.1, -0.05) is 0 Å². The number of carbonyl (C=O) groups is 1. The van der Waals surface area contributed by atoms with Crippen LogP contribution in [-0.2, 0) is 17.9 Å². The van der Waals surface area contributed by atoms with Crippen LogP contribution in [0, 0.1) is 17.0 Å². The largest absolute Gasteiger partial charge is 0.490 e. The highest BCUT2D eigenvalue weighted by Crippen LogP contribution is 2.32. The number of nitro benzene ring substituents is 1. The summed E-state index contributed by atoms with van der Waals surface area (Å²) in [5.74, 6) is 1.36. The molecule has 2 heterocycles. The lowest BCUT2D eigenvalue weighted by Crippen LogP contribution is -3.10. The summed E-state index contributed by atoms with van der Waals surface area (Å²) in [7, 11) is 1.35. The summed E-state index contributed by atoms with van der Waals surface area (Å²) in [6, 6.07) is 10.1. The third kappa shape index (κ3) is 5.23. The van der Waals surface area contributed by atoms with Crippen LogP contribution in [0.25, 0.3) is 0 Å². The monoisotopic (exact) mass is 400 g/mol. The predicted octanol–water partition coefficient (Wildman–Crippen LogP) is 2.32. The van der Waals surface area contributed by atoms with Crippen molar-refractivity contribution in [1.29, 1.82) is 0 Å². The number of furan rings is 2. The molecular formula is C20H22N3O6+. The molecule has 9 heteroatoms. The molecule has 0 radical (unpaired) electrons. The minimum Gasteiger partial charge on any atom is -0.490 e. The highest BCUT2D eigenvalue weighted by molar-refractivity contribution is 5.92. The Morgan fingerprint density at radius 2 is 1.79 bits per heavy atom. The molecule has 0 saturated heterocycles. The van der Waals surface area contributed by atoms with Gasteiger partial charge in [0.15, 0.2) is 23.8 Å². The van der Waals surface area contributed by atoms with E-state index in [1.165, 1.54) is 19.2 Å². The van der Waals surface area contributed by atoms with Crippen LogP contribution in [0.4, 0.5) is 11.4 Å². The Bertz CT molecular complexity index is 930. The van der Waals surface area contributed by atoms with Crippen molar-refractivity contribution in [3.8, 4) is 5.75 Å². The number of methoxy groups -OCH3 is 1. The molecule has 3 aromatic rings. The molecule has 0 aliphatic rings. The molecule has 9 nitrogen and oxygen atoms in total. The molecule has 0 atom stereocenters. The molecular weight excluding hydrogens is 378 g/mol. The topological polar surface area (TPSA) is 112 Å². The van der Waals surface area contributed by atoms with Gasteiger partial charge < -0.3 is 23.8 Å². The quantitative estimate of drug-likeness (QED) is 0.421. The number of ether oxygens (including phenoxy) is 1. The lowest BCUT2D eigenvalue weighted by molar-refractivity contribution is -0.921. The Kier molecular flexibility index (Phi) is 6.30. The van der Waals surface area contributed by atoms with E-state index in [4.69, 9.17) is 13.6 Å². The van der Waals surface area contributed by atoms with Gasteiger partial charge in [0, 0.05) is 17.8 Å². The van der Waals surface area contributed by atoms with E-state index in [0.717, 1.165) is 16.4 Å². The van der Waals surface area contributed by atoms with E-state index in [-0.39, 0.29) is 23.9 Å². The highest BCUT2D eigenvalue weighted by Gasteiger charge is 2.21. The number of aryl methyl sites for hydroxylation is 1. The van der Waals surface area contributed by atoms with E-state index in [1.54, 1.807) is 31.6 Å². The first kappa shape index (κ1) is 20.2. The average Bonchev–Trinajstić information content (AvgIpc) is 3.37. The third-order valence-corrected chi connectivity index (χ3v) is 4.42. The van der Waals surface area contributed by atoms with Crippen LogP contribution < -0.4 is 15.0 Å². The molecule has 0 bridgehead atoms. The number of nitrogens with one attached hydrogen (secondary N) is 2. The maximum atomic E-state index is 12.7. The van der Waals surface area contributed by atoms with Crippen molar-refractivity contribution in [3.63, 3.8) is 0 Å². The fourth-order valence-electron chi connectivity index (χ4n) is 3.04. The van der Waals surface area contributed by atoms with Crippen molar-refractivity contribution in [2.75, 3.05) is 19.0 Å². The number of anilines is 1. The molecule has 3 rings (SSSR count). The maximum Gasteiger partial charge on any atom is 0.311 e. The lowest BCUT2D eigenvalue weighted by atomic mass is 10.1. The van der Waals surface area contributed by atoms with Crippen molar-refractivity contribution >= 4 is 17.3 Å². The number of nitro groups is 1. The summed E-state index contributed by atoms with van der Waals surface area (Å²) < 4.78 is 15.9. The molecule has 0 aliphatic carbocycles. The van der Waals surface area contributed by atoms with E-state index >= 15 is 0 Å². The lowest BCUT2D eigenvalue weighted by Gasteiger charge is -2.17. The summed E-state index contributed by atoms with van der Waals surface area (Å²) in [5, 5.41) is 13.9. The first-order valence-corrected chi connectivity index (χ1v) is 8.97. The van der Waals surface area contributed by atoms with Crippen LogP contribution in [0.3, 0.4) is 0 Å². The van der Waals surface area contributed by atoms with Gasteiger partial charge in [-0.05, 0) is 36.8 Å². The van der Waals surface area contributed by atoms with E-state index in [9.17, 15) is 14.9 Å². The fourth-order valence-corrected chi connectivity index (χ4v) is 3.04. The highest BCUT2D eigenvalue weighted by atomic mass is 16.6. The zero-order valence-corrected chi connectivity index (χ0v) is 16.1. The Morgan fingerprint density at radius 3 is 2.28 bits per heavy atom. The van der Waals surface area contributed by atoms with Crippen LogP contribution in [0.5, 0.6) is 5.75 Å². The molecule has 2 N–H and O–H groups in total. The Balaban J connectivity index is 1.73. The average molecular weight is 400 g/mol. The first-order valence-electron chi connectivity index (χ1n) is 8.97. The van der Waals surface area contributed by atoms with Gasteiger partial charge in [0.1, 0.15) is 13.1 Å². The van der Waals surface area contributed by atoms with E-state index in [2.05, 4.69) is 5.32 Å². The third-order valence-electron chi connectivity index (χ3n) is 4.42. The smallest absolute Gasteiger partial charge is 0.311 e. The number of carbonyl (C=O) groups excluding carboxylic acids is 1. The van der Waals surface area contributed by atoms with E-state index in [1.807, 2.05) is 12.1 Å². The SMILES string of the molecule is COc1cc(NC(=O)C[NH+](Cc2ccco2)Cc2ccco2)c(C)cc1[N+](=O)[O-]. The molecule has 0 spiro atoms. The number of amides is 1. The number of hydrogen-bond acceptors (Lipinski definition) is 6. The van der Waals surface area contributed by atoms with Crippen molar-refractivity contribution in [1.82, 2.24) is 0 Å². The summed E-state index contributed by atoms with van der Waals surface area (Å²) in [5.41, 5.74) is 0.892. The molecule has 1 aromatic carbocycles. The zero-order valence-electron chi connectivity index (χ0n) is 16.1. The number of hydrogen-bond donors (Lipinski definition) is 2. The number of quaternary nitrogens is 1. The van der Waals surface area contributed by atoms with Crippen LogP contribution in [-0.4, -0.2) is 24.5 Å². The van der Waals surface area contributed by atoms with Gasteiger partial charge >= 0.3 is 5.69 Å². The molecule has 2 aromatic heterocycles. The van der Waals surface area contributed by atoms with Gasteiger partial charge in [-0.15, -0.1) is 0 Å². The standard InChI is InChI=1S/C20H21N3O6/c1-14-9-18(23(25)26)19(27-2)10-17(14)21-20(24)13-22(11-15-5-3-7-28-15)12-16-6-4-8-29-16/h3-10H,11-13H2,1-2H3,(H,21,24)/p+1. The first-order chi connectivity index (χ1) is 14.0. The van der Waals surface area contributed by atoms with Crippen molar-refractivity contribution in [2.24, 2.45) is 0 Å². The van der Waals surface area contributed by atoms with Crippen LogP contribution in [0.1, 0.15) is 17.1 Å². The van der Waals surface area contributed by atoms with Gasteiger partial charge in [0.2, 0.25) is 0 Å². The maximum absolute atomic E-state index is 12.7. The molecule has 0 unspecified atom stereocenters. The number of nitrogens with zero attached hydrogens (tertiary/aromatic N) is 1. The van der Waals surface area contributed by atoms with Gasteiger partial charge in [-0.2, -0.15) is 0 Å². The summed E-state index contributed by atoms with van der Waals surface area (Å²) in [4.78, 5) is 24.2.